The minimum atomic E-state index is -0.755. The molecule has 0 aromatic heterocycles. The SMILES string of the molecule is NC1C(=O)N2C1SC1C=C3C4C[C@@]31[C@H]2C4C(=O)O. The van der Waals surface area contributed by atoms with Crippen molar-refractivity contribution in [3.63, 3.8) is 0 Å². The number of carboxylic acids is 1. The number of aliphatic carboxylic acids is 1. The van der Waals surface area contributed by atoms with E-state index >= 15 is 0 Å². The van der Waals surface area contributed by atoms with Crippen LogP contribution < -0.4 is 5.73 Å². The van der Waals surface area contributed by atoms with Crippen molar-refractivity contribution in [3.8, 4) is 0 Å². The van der Waals surface area contributed by atoms with Crippen LogP contribution in [-0.2, 0) is 9.59 Å². The number of amides is 1. The summed E-state index contributed by atoms with van der Waals surface area (Å²) in [5.41, 5.74) is 7.15. The zero-order chi connectivity index (χ0) is 12.4. The molecule has 94 valence electrons. The van der Waals surface area contributed by atoms with Crippen molar-refractivity contribution in [1.29, 1.82) is 0 Å². The molecule has 3 N–H and O–H groups in total. The largest absolute Gasteiger partial charge is 0.481 e. The van der Waals surface area contributed by atoms with Gasteiger partial charge < -0.3 is 15.7 Å². The summed E-state index contributed by atoms with van der Waals surface area (Å²) >= 11 is 1.75. The minimum absolute atomic E-state index is 0.00266. The van der Waals surface area contributed by atoms with Crippen molar-refractivity contribution >= 4 is 23.6 Å². The molecule has 6 rings (SSSR count). The Morgan fingerprint density at radius 2 is 2.39 bits per heavy atom. The van der Waals surface area contributed by atoms with E-state index in [1.165, 1.54) is 5.57 Å². The number of carboxylic acid groups (broad SMARTS) is 1. The highest BCUT2D eigenvalue weighted by molar-refractivity contribution is 8.01. The van der Waals surface area contributed by atoms with Gasteiger partial charge in [0.1, 0.15) is 11.4 Å². The van der Waals surface area contributed by atoms with Crippen LogP contribution in [0.3, 0.4) is 0 Å². The van der Waals surface area contributed by atoms with Gasteiger partial charge in [-0.05, 0) is 12.3 Å². The lowest BCUT2D eigenvalue weighted by Crippen LogP contribution is -2.77. The second kappa shape index (κ2) is 2.49. The molecular formula is C12H12N2O3S. The summed E-state index contributed by atoms with van der Waals surface area (Å²) in [7, 11) is 0. The van der Waals surface area contributed by atoms with Crippen molar-refractivity contribution in [1.82, 2.24) is 4.90 Å². The summed E-state index contributed by atoms with van der Waals surface area (Å²) in [6.45, 7) is 0. The fourth-order valence-corrected chi connectivity index (χ4v) is 6.69. The normalized spacial score (nSPS) is 57.7. The number of β-lactam (4-membered cyclic amide) rings is 1. The number of rotatable bonds is 1. The van der Waals surface area contributed by atoms with Gasteiger partial charge in [-0.25, -0.2) is 0 Å². The van der Waals surface area contributed by atoms with E-state index in [9.17, 15) is 14.7 Å². The predicted molar refractivity (Wildman–Crippen MR) is 63.5 cm³/mol. The number of thioether (sulfide) groups is 1. The quantitative estimate of drug-likeness (QED) is 0.498. The van der Waals surface area contributed by atoms with Crippen LogP contribution in [0, 0.1) is 17.3 Å². The molecule has 5 unspecified atom stereocenters. The Balaban J connectivity index is 1.66. The molecule has 7 atom stereocenters. The van der Waals surface area contributed by atoms with Crippen LogP contribution in [0.5, 0.6) is 0 Å². The Morgan fingerprint density at radius 1 is 1.61 bits per heavy atom. The van der Waals surface area contributed by atoms with Crippen molar-refractivity contribution in [3.05, 3.63) is 11.6 Å². The van der Waals surface area contributed by atoms with Crippen molar-refractivity contribution < 1.29 is 14.7 Å². The number of carbonyl (C=O) groups excluding carboxylic acids is 1. The maximum Gasteiger partial charge on any atom is 0.309 e. The molecule has 2 heterocycles. The number of hydrogen-bond donors (Lipinski definition) is 2. The van der Waals surface area contributed by atoms with Gasteiger partial charge in [0.25, 0.3) is 0 Å². The number of nitrogens with zero attached hydrogens (tertiary/aromatic N) is 1. The number of fused-ring (bicyclic) bond motifs is 1. The first-order valence-corrected chi connectivity index (χ1v) is 7.20. The molecule has 0 aromatic carbocycles. The zero-order valence-corrected chi connectivity index (χ0v) is 10.3. The van der Waals surface area contributed by atoms with Gasteiger partial charge in [0.05, 0.1) is 12.0 Å². The zero-order valence-electron chi connectivity index (χ0n) is 9.45. The first kappa shape index (κ1) is 9.86. The maximum absolute atomic E-state index is 12.0. The molecule has 2 bridgehead atoms. The van der Waals surface area contributed by atoms with E-state index in [-0.39, 0.29) is 28.7 Å². The van der Waals surface area contributed by atoms with Crippen LogP contribution in [0.15, 0.2) is 11.6 Å². The topological polar surface area (TPSA) is 83.6 Å². The standard InChI is InChI=1S/C12H12N2O3S/c13-7-9(15)14-8-6(11(16)17)3-2-12(8)4(3)1-5(12)18-10(7)14/h1,3,5-8,10H,2,13H2,(H,16,17)/t3?,5?,6?,7?,8-,10?,12-/m1/s1. The molecule has 0 radical (unpaired) electrons. The number of carbonyl (C=O) groups is 2. The van der Waals surface area contributed by atoms with E-state index in [2.05, 4.69) is 6.08 Å². The lowest BCUT2D eigenvalue weighted by molar-refractivity contribution is -0.157. The van der Waals surface area contributed by atoms with Crippen molar-refractivity contribution in [2.75, 3.05) is 0 Å². The summed E-state index contributed by atoms with van der Waals surface area (Å²) in [4.78, 5) is 25.3. The summed E-state index contributed by atoms with van der Waals surface area (Å²) < 4.78 is 0. The molecule has 3 saturated carbocycles. The van der Waals surface area contributed by atoms with E-state index in [4.69, 9.17) is 5.73 Å². The highest BCUT2D eigenvalue weighted by Crippen LogP contribution is 2.78. The Kier molecular flexibility index (Phi) is 1.36. The van der Waals surface area contributed by atoms with Crippen molar-refractivity contribution in [2.24, 2.45) is 23.0 Å². The molecule has 1 spiro atoms. The molecule has 2 aliphatic heterocycles. The van der Waals surface area contributed by atoms with Crippen LogP contribution in [0.1, 0.15) is 6.42 Å². The van der Waals surface area contributed by atoms with Gasteiger partial charge in [0, 0.05) is 10.7 Å². The van der Waals surface area contributed by atoms with E-state index in [1.54, 1.807) is 16.7 Å². The lowest BCUT2D eigenvalue weighted by Gasteiger charge is -2.65. The monoisotopic (exact) mass is 264 g/mol. The third kappa shape index (κ3) is 0.674. The average molecular weight is 264 g/mol. The van der Waals surface area contributed by atoms with E-state index in [0.29, 0.717) is 5.25 Å². The van der Waals surface area contributed by atoms with Crippen LogP contribution in [0.2, 0.25) is 0 Å². The second-order valence-corrected chi connectivity index (χ2v) is 7.26. The summed E-state index contributed by atoms with van der Waals surface area (Å²) in [6, 6.07) is -0.555. The van der Waals surface area contributed by atoms with Gasteiger partial charge in [-0.3, -0.25) is 9.59 Å². The average Bonchev–Trinajstić information content (AvgIpc) is 2.81. The molecule has 1 amide bonds. The molecule has 6 heteroatoms. The highest BCUT2D eigenvalue weighted by atomic mass is 32.2. The van der Waals surface area contributed by atoms with E-state index < -0.39 is 17.9 Å². The Labute approximate surface area is 107 Å². The van der Waals surface area contributed by atoms with Gasteiger partial charge in [0.2, 0.25) is 5.91 Å². The van der Waals surface area contributed by atoms with Crippen LogP contribution in [0.25, 0.3) is 0 Å². The van der Waals surface area contributed by atoms with Gasteiger partial charge >= 0.3 is 5.97 Å². The lowest BCUT2D eigenvalue weighted by atomic mass is 9.54. The van der Waals surface area contributed by atoms with E-state index in [0.717, 1.165) is 6.42 Å². The molecule has 0 aromatic rings. The van der Waals surface area contributed by atoms with Crippen LogP contribution >= 0.6 is 11.8 Å². The Bertz CT molecular complexity index is 562. The smallest absolute Gasteiger partial charge is 0.309 e. The van der Waals surface area contributed by atoms with Gasteiger partial charge in [0.15, 0.2) is 0 Å². The second-order valence-electron chi connectivity index (χ2n) is 6.00. The predicted octanol–water partition coefficient (Wildman–Crippen LogP) is -0.373. The fraction of sp³-hybridized carbons (Fsp3) is 0.667. The highest BCUT2D eigenvalue weighted by Gasteiger charge is 2.80. The third-order valence-electron chi connectivity index (χ3n) is 5.63. The molecular weight excluding hydrogens is 252 g/mol. The number of hydrogen-bond acceptors (Lipinski definition) is 4. The third-order valence-corrected chi connectivity index (χ3v) is 7.28. The Morgan fingerprint density at radius 3 is 3.06 bits per heavy atom. The summed E-state index contributed by atoms with van der Waals surface area (Å²) in [5, 5.41) is 9.84. The van der Waals surface area contributed by atoms with Crippen LogP contribution in [0.4, 0.5) is 0 Å². The fourth-order valence-electron chi connectivity index (χ4n) is 4.90. The first-order chi connectivity index (χ1) is 8.57. The van der Waals surface area contributed by atoms with Crippen molar-refractivity contribution in [2.45, 2.75) is 29.1 Å². The first-order valence-electron chi connectivity index (χ1n) is 6.25. The molecule has 18 heavy (non-hydrogen) atoms. The molecule has 6 aliphatic rings. The van der Waals surface area contributed by atoms with Crippen LogP contribution in [-0.4, -0.2) is 44.6 Å². The summed E-state index contributed by atoms with van der Waals surface area (Å²) in [6.07, 6.45) is 3.17. The maximum atomic E-state index is 12.0. The minimum Gasteiger partial charge on any atom is -0.481 e. The number of nitrogens with two attached hydrogens (primary N) is 1. The van der Waals surface area contributed by atoms with Gasteiger partial charge in [-0.15, -0.1) is 11.8 Å². The molecule has 4 aliphatic carbocycles. The summed E-state index contributed by atoms with van der Waals surface area (Å²) in [5.74, 6) is -1.04. The van der Waals surface area contributed by atoms with Gasteiger partial charge in [-0.2, -0.15) is 0 Å². The molecule has 5 fully saturated rings. The molecule has 2 saturated heterocycles. The Hall–Kier alpha value is -1.01. The van der Waals surface area contributed by atoms with E-state index in [1.807, 2.05) is 0 Å². The molecule has 5 nitrogen and oxygen atoms in total. The van der Waals surface area contributed by atoms with Gasteiger partial charge in [-0.1, -0.05) is 11.6 Å².